The van der Waals surface area contributed by atoms with E-state index in [4.69, 9.17) is 16.3 Å². The monoisotopic (exact) mass is 358 g/mol. The van der Waals surface area contributed by atoms with Gasteiger partial charge in [-0.1, -0.05) is 24.4 Å². The third-order valence-electron chi connectivity index (χ3n) is 3.98. The largest absolute Gasteiger partial charge is 0.444 e. The Kier molecular flexibility index (Phi) is 6.74. The van der Waals surface area contributed by atoms with Crippen LogP contribution in [-0.2, 0) is 11.3 Å². The normalized spacial score (nSPS) is 21.9. The fraction of sp³-hybridized carbons (Fsp3) is 0.706. The molecule has 1 heterocycles. The van der Waals surface area contributed by atoms with Crippen molar-refractivity contribution in [3.05, 3.63) is 21.3 Å². The Morgan fingerprint density at radius 1 is 1.35 bits per heavy atom. The SMILES string of the molecule is CC(C)(C)OC(=O)NCC1CCCCC1NCc1ccc(Cl)s1. The zero-order valence-electron chi connectivity index (χ0n) is 14.2. The van der Waals surface area contributed by atoms with Crippen molar-refractivity contribution in [1.82, 2.24) is 10.6 Å². The van der Waals surface area contributed by atoms with Crippen LogP contribution in [0.25, 0.3) is 0 Å². The molecule has 1 fully saturated rings. The Morgan fingerprint density at radius 2 is 2.09 bits per heavy atom. The van der Waals surface area contributed by atoms with E-state index in [1.165, 1.54) is 17.7 Å². The van der Waals surface area contributed by atoms with Crippen molar-refractivity contribution < 1.29 is 9.53 Å². The minimum Gasteiger partial charge on any atom is -0.444 e. The Bertz CT molecular complexity index is 513. The van der Waals surface area contributed by atoms with Crippen LogP contribution in [0.5, 0.6) is 0 Å². The third-order valence-corrected chi connectivity index (χ3v) is 5.22. The van der Waals surface area contributed by atoms with Crippen molar-refractivity contribution in [1.29, 1.82) is 0 Å². The van der Waals surface area contributed by atoms with Gasteiger partial charge in [-0.3, -0.25) is 0 Å². The van der Waals surface area contributed by atoms with Gasteiger partial charge in [0.25, 0.3) is 0 Å². The molecule has 1 aromatic heterocycles. The molecule has 0 saturated heterocycles. The van der Waals surface area contributed by atoms with E-state index in [9.17, 15) is 4.79 Å². The lowest BCUT2D eigenvalue weighted by Gasteiger charge is -2.32. The minimum atomic E-state index is -0.452. The van der Waals surface area contributed by atoms with E-state index < -0.39 is 5.60 Å². The molecule has 2 unspecified atom stereocenters. The first-order valence-corrected chi connectivity index (χ1v) is 9.47. The van der Waals surface area contributed by atoms with E-state index in [2.05, 4.69) is 16.7 Å². The molecule has 1 amide bonds. The van der Waals surface area contributed by atoms with Gasteiger partial charge in [-0.15, -0.1) is 11.3 Å². The summed E-state index contributed by atoms with van der Waals surface area (Å²) in [6, 6.07) is 4.43. The molecule has 0 aliphatic heterocycles. The summed E-state index contributed by atoms with van der Waals surface area (Å²) in [5, 5.41) is 6.55. The number of carbonyl (C=O) groups excluding carboxylic acids is 1. The van der Waals surface area contributed by atoms with E-state index >= 15 is 0 Å². The van der Waals surface area contributed by atoms with Gasteiger partial charge in [0.1, 0.15) is 5.60 Å². The fourth-order valence-corrected chi connectivity index (χ4v) is 3.97. The molecule has 2 N–H and O–H groups in total. The van der Waals surface area contributed by atoms with Crippen LogP contribution >= 0.6 is 22.9 Å². The Hall–Kier alpha value is -0.780. The number of hydrogen-bond donors (Lipinski definition) is 2. The van der Waals surface area contributed by atoms with Crippen LogP contribution in [0.1, 0.15) is 51.3 Å². The van der Waals surface area contributed by atoms with Crippen molar-refractivity contribution in [2.24, 2.45) is 5.92 Å². The number of alkyl carbamates (subject to hydrolysis) is 1. The van der Waals surface area contributed by atoms with E-state index in [-0.39, 0.29) is 6.09 Å². The number of amides is 1. The zero-order chi connectivity index (χ0) is 16.9. The van der Waals surface area contributed by atoms with E-state index in [1.807, 2.05) is 26.8 Å². The Balaban J connectivity index is 1.79. The summed E-state index contributed by atoms with van der Waals surface area (Å²) in [6.07, 6.45) is 4.43. The number of carbonyl (C=O) groups is 1. The van der Waals surface area contributed by atoms with Crippen LogP contribution in [0.3, 0.4) is 0 Å². The molecule has 0 radical (unpaired) electrons. The molecule has 1 aliphatic rings. The van der Waals surface area contributed by atoms with E-state index in [1.54, 1.807) is 11.3 Å². The van der Waals surface area contributed by atoms with Crippen LogP contribution < -0.4 is 10.6 Å². The van der Waals surface area contributed by atoms with Crippen LogP contribution in [0, 0.1) is 5.92 Å². The lowest BCUT2D eigenvalue weighted by molar-refractivity contribution is 0.0510. The topological polar surface area (TPSA) is 50.4 Å². The highest BCUT2D eigenvalue weighted by Crippen LogP contribution is 2.26. The van der Waals surface area contributed by atoms with Crippen molar-refractivity contribution >= 4 is 29.0 Å². The first-order chi connectivity index (χ1) is 10.8. The van der Waals surface area contributed by atoms with Crippen molar-refractivity contribution in [3.8, 4) is 0 Å². The number of thiophene rings is 1. The summed E-state index contributed by atoms with van der Waals surface area (Å²) < 4.78 is 6.14. The van der Waals surface area contributed by atoms with Gasteiger partial charge in [0.2, 0.25) is 0 Å². The Morgan fingerprint density at radius 3 is 2.74 bits per heavy atom. The molecule has 1 aliphatic carbocycles. The van der Waals surface area contributed by atoms with Crippen LogP contribution in [0.2, 0.25) is 4.34 Å². The predicted octanol–water partition coefficient (Wildman–Crippen LogP) is 4.57. The number of halogens is 1. The minimum absolute atomic E-state index is 0.327. The summed E-state index contributed by atoms with van der Waals surface area (Å²) in [4.78, 5) is 13.1. The van der Waals surface area contributed by atoms with Crippen LogP contribution in [0.15, 0.2) is 12.1 Å². The lowest BCUT2D eigenvalue weighted by atomic mass is 9.84. The summed E-state index contributed by atoms with van der Waals surface area (Å²) in [5.41, 5.74) is -0.452. The second-order valence-electron chi connectivity index (χ2n) is 7.12. The van der Waals surface area contributed by atoms with Crippen LogP contribution in [0.4, 0.5) is 4.79 Å². The molecule has 0 aromatic carbocycles. The first-order valence-electron chi connectivity index (χ1n) is 8.28. The zero-order valence-corrected chi connectivity index (χ0v) is 15.7. The highest BCUT2D eigenvalue weighted by atomic mass is 35.5. The van der Waals surface area contributed by atoms with Gasteiger partial charge in [0, 0.05) is 24.0 Å². The van der Waals surface area contributed by atoms with Gasteiger partial charge < -0.3 is 15.4 Å². The van der Waals surface area contributed by atoms with Gasteiger partial charge in [0.05, 0.1) is 4.34 Å². The first kappa shape index (κ1) is 18.6. The van der Waals surface area contributed by atoms with Crippen LogP contribution in [-0.4, -0.2) is 24.3 Å². The van der Waals surface area contributed by atoms with Crippen molar-refractivity contribution in [2.45, 2.75) is 64.6 Å². The maximum absolute atomic E-state index is 11.8. The predicted molar refractivity (Wildman–Crippen MR) is 96.2 cm³/mol. The molecule has 4 nitrogen and oxygen atoms in total. The van der Waals surface area contributed by atoms with E-state index in [0.717, 1.165) is 23.7 Å². The molecule has 0 spiro atoms. The van der Waals surface area contributed by atoms with Gasteiger partial charge >= 0.3 is 6.09 Å². The van der Waals surface area contributed by atoms with Gasteiger partial charge in [0.15, 0.2) is 0 Å². The second kappa shape index (κ2) is 8.36. The Labute approximate surface area is 147 Å². The number of ether oxygens (including phenoxy) is 1. The molecular formula is C17H27ClN2O2S. The summed E-state index contributed by atoms with van der Waals surface area (Å²) >= 11 is 7.59. The van der Waals surface area contributed by atoms with Crippen molar-refractivity contribution in [2.75, 3.05) is 6.54 Å². The fourth-order valence-electron chi connectivity index (χ4n) is 2.93. The molecule has 6 heteroatoms. The van der Waals surface area contributed by atoms with Gasteiger partial charge in [-0.2, -0.15) is 0 Å². The maximum Gasteiger partial charge on any atom is 0.407 e. The third kappa shape index (κ3) is 6.69. The summed E-state index contributed by atoms with van der Waals surface area (Å²) in [6.45, 7) is 7.14. The van der Waals surface area contributed by atoms with Gasteiger partial charge in [-0.05, 0) is 51.7 Å². The second-order valence-corrected chi connectivity index (χ2v) is 8.92. The lowest BCUT2D eigenvalue weighted by Crippen LogP contribution is -2.44. The number of rotatable bonds is 5. The van der Waals surface area contributed by atoms with Gasteiger partial charge in [-0.25, -0.2) is 4.79 Å². The highest BCUT2D eigenvalue weighted by Gasteiger charge is 2.26. The molecule has 23 heavy (non-hydrogen) atoms. The number of hydrogen-bond acceptors (Lipinski definition) is 4. The summed E-state index contributed by atoms with van der Waals surface area (Å²) in [7, 11) is 0. The quantitative estimate of drug-likeness (QED) is 0.810. The maximum atomic E-state index is 11.8. The molecule has 1 aromatic rings. The average molecular weight is 359 g/mol. The standard InChI is InChI=1S/C17H27ClN2O2S/c1-17(2,3)22-16(21)20-10-12-6-4-5-7-14(12)19-11-13-8-9-15(18)23-13/h8-9,12,14,19H,4-7,10-11H2,1-3H3,(H,20,21). The number of nitrogens with one attached hydrogen (secondary N) is 2. The molecule has 130 valence electrons. The van der Waals surface area contributed by atoms with E-state index in [0.29, 0.717) is 18.5 Å². The molecule has 0 bridgehead atoms. The smallest absolute Gasteiger partial charge is 0.407 e. The highest BCUT2D eigenvalue weighted by molar-refractivity contribution is 7.16. The molecular weight excluding hydrogens is 332 g/mol. The molecule has 2 atom stereocenters. The van der Waals surface area contributed by atoms with Crippen molar-refractivity contribution in [3.63, 3.8) is 0 Å². The average Bonchev–Trinajstić information content (AvgIpc) is 2.87. The molecule has 1 saturated carbocycles. The molecule has 2 rings (SSSR count). The summed E-state index contributed by atoms with van der Waals surface area (Å²) in [5.74, 6) is 0.451.